The van der Waals surface area contributed by atoms with Crippen LogP contribution < -0.4 is 5.32 Å². The number of pyridine rings is 1. The smallest absolute Gasteiger partial charge is 0.264 e. The van der Waals surface area contributed by atoms with Crippen LogP contribution in [0, 0.1) is 5.92 Å². The Bertz CT molecular complexity index is 709. The molecule has 1 N–H and O–H groups in total. The molecule has 1 amide bonds. The van der Waals surface area contributed by atoms with E-state index in [0.717, 1.165) is 17.1 Å². The molecule has 0 aliphatic carbocycles. The highest BCUT2D eigenvalue weighted by Gasteiger charge is 2.29. The molecule has 2 aromatic rings. The van der Waals surface area contributed by atoms with Crippen molar-refractivity contribution >= 4 is 11.6 Å². The average Bonchev–Trinajstić information content (AvgIpc) is 3.24. The summed E-state index contributed by atoms with van der Waals surface area (Å²) in [6.45, 7) is 4.45. The van der Waals surface area contributed by atoms with Gasteiger partial charge in [0.2, 0.25) is 6.10 Å². The predicted octanol–water partition coefficient (Wildman–Crippen LogP) is 1.68. The fourth-order valence-electron chi connectivity index (χ4n) is 2.36. The fourth-order valence-corrected chi connectivity index (χ4v) is 2.36. The van der Waals surface area contributed by atoms with E-state index in [1.807, 2.05) is 36.7 Å². The van der Waals surface area contributed by atoms with Crippen LogP contribution in [0.1, 0.15) is 25.8 Å². The molecule has 0 saturated heterocycles. The van der Waals surface area contributed by atoms with Crippen molar-refractivity contribution in [3.8, 4) is 5.82 Å². The molecule has 7 heteroatoms. The number of rotatable bonds is 5. The van der Waals surface area contributed by atoms with E-state index in [4.69, 9.17) is 4.84 Å². The van der Waals surface area contributed by atoms with Gasteiger partial charge in [0.05, 0.1) is 5.71 Å². The molecule has 120 valence electrons. The molecule has 0 aromatic carbocycles. The van der Waals surface area contributed by atoms with Crippen LogP contribution >= 0.6 is 0 Å². The minimum absolute atomic E-state index is 0.162. The normalized spacial score (nSPS) is 17.0. The third-order valence-electron chi connectivity index (χ3n) is 3.72. The van der Waals surface area contributed by atoms with E-state index in [1.165, 1.54) is 0 Å². The molecule has 0 bridgehead atoms. The van der Waals surface area contributed by atoms with Crippen LogP contribution in [0.4, 0.5) is 0 Å². The van der Waals surface area contributed by atoms with E-state index in [-0.39, 0.29) is 5.91 Å². The Hall–Kier alpha value is -2.70. The zero-order valence-electron chi connectivity index (χ0n) is 13.1. The molecule has 3 rings (SSSR count). The Labute approximate surface area is 134 Å². The zero-order valence-corrected chi connectivity index (χ0v) is 13.1. The van der Waals surface area contributed by atoms with Gasteiger partial charge in [-0.25, -0.2) is 9.97 Å². The molecule has 7 nitrogen and oxygen atoms in total. The van der Waals surface area contributed by atoms with Crippen LogP contribution in [-0.2, 0) is 16.2 Å². The highest BCUT2D eigenvalue weighted by atomic mass is 16.6. The van der Waals surface area contributed by atoms with Crippen LogP contribution in [0.15, 0.2) is 42.2 Å². The lowest BCUT2D eigenvalue weighted by molar-refractivity contribution is -0.131. The maximum Gasteiger partial charge on any atom is 0.264 e. The Kier molecular flexibility index (Phi) is 4.36. The maximum absolute atomic E-state index is 12.2. The van der Waals surface area contributed by atoms with Gasteiger partial charge in [-0.15, -0.1) is 0 Å². The van der Waals surface area contributed by atoms with Crippen molar-refractivity contribution in [1.29, 1.82) is 0 Å². The molecule has 1 aliphatic rings. The standard InChI is InChI=1S/C16H19N5O2/c1-11(2)13-8-14(23-20-13)16(22)19-9-12-4-3-5-18-15(12)21-7-6-17-10-21/h3-7,10-11,14H,8-9H2,1-2H3,(H,19,22). The second-order valence-corrected chi connectivity index (χ2v) is 5.71. The van der Waals surface area contributed by atoms with Gasteiger partial charge in [-0.05, 0) is 12.0 Å². The van der Waals surface area contributed by atoms with Crippen molar-refractivity contribution < 1.29 is 9.63 Å². The summed E-state index contributed by atoms with van der Waals surface area (Å²) >= 11 is 0. The number of hydrogen-bond donors (Lipinski definition) is 1. The summed E-state index contributed by atoms with van der Waals surface area (Å²) < 4.78 is 1.81. The molecule has 3 heterocycles. The Morgan fingerprint density at radius 3 is 3.04 bits per heavy atom. The lowest BCUT2D eigenvalue weighted by Crippen LogP contribution is -2.34. The average molecular weight is 313 g/mol. The van der Waals surface area contributed by atoms with Gasteiger partial charge in [-0.1, -0.05) is 25.1 Å². The van der Waals surface area contributed by atoms with E-state index >= 15 is 0 Å². The van der Waals surface area contributed by atoms with Crippen LogP contribution in [0.3, 0.4) is 0 Å². The number of oxime groups is 1. The molecule has 0 spiro atoms. The first-order chi connectivity index (χ1) is 11.1. The number of imidazole rings is 1. The molecule has 1 aliphatic heterocycles. The van der Waals surface area contributed by atoms with Crippen molar-refractivity contribution in [2.75, 3.05) is 0 Å². The third-order valence-corrected chi connectivity index (χ3v) is 3.72. The van der Waals surface area contributed by atoms with Gasteiger partial charge in [0.25, 0.3) is 5.91 Å². The molecule has 0 fully saturated rings. The van der Waals surface area contributed by atoms with Gasteiger partial charge in [-0.3, -0.25) is 9.36 Å². The molecule has 23 heavy (non-hydrogen) atoms. The monoisotopic (exact) mass is 313 g/mol. The van der Waals surface area contributed by atoms with Gasteiger partial charge in [0, 0.05) is 37.1 Å². The summed E-state index contributed by atoms with van der Waals surface area (Å²) in [5.74, 6) is 0.876. The topological polar surface area (TPSA) is 81.4 Å². The van der Waals surface area contributed by atoms with Crippen LogP contribution in [0.25, 0.3) is 5.82 Å². The number of carbonyl (C=O) groups excluding carboxylic acids is 1. The maximum atomic E-state index is 12.2. The summed E-state index contributed by atoms with van der Waals surface area (Å²) in [4.78, 5) is 25.8. The largest absolute Gasteiger partial charge is 0.382 e. The van der Waals surface area contributed by atoms with Crippen molar-refractivity contribution in [3.63, 3.8) is 0 Å². The number of carbonyl (C=O) groups is 1. The lowest BCUT2D eigenvalue weighted by atomic mass is 10.0. The SMILES string of the molecule is CC(C)C1=NOC(C(=O)NCc2cccnc2-n2ccnc2)C1. The summed E-state index contributed by atoms with van der Waals surface area (Å²) in [6, 6.07) is 3.77. The fraction of sp³-hybridized carbons (Fsp3) is 0.375. The molecule has 2 aromatic heterocycles. The van der Waals surface area contributed by atoms with Gasteiger partial charge in [0.15, 0.2) is 0 Å². The third kappa shape index (κ3) is 3.39. The second kappa shape index (κ2) is 6.60. The van der Waals surface area contributed by atoms with Crippen molar-refractivity contribution in [3.05, 3.63) is 42.6 Å². The molecule has 0 saturated carbocycles. The van der Waals surface area contributed by atoms with Gasteiger partial charge >= 0.3 is 0 Å². The number of nitrogens with zero attached hydrogens (tertiary/aromatic N) is 4. The number of aromatic nitrogens is 3. The van der Waals surface area contributed by atoms with Crippen LogP contribution in [0.2, 0.25) is 0 Å². The summed E-state index contributed by atoms with van der Waals surface area (Å²) in [6.07, 6.45) is 6.90. The van der Waals surface area contributed by atoms with Gasteiger partial charge in [0.1, 0.15) is 12.1 Å². The molecular weight excluding hydrogens is 294 g/mol. The number of nitrogens with one attached hydrogen (secondary N) is 1. The highest BCUT2D eigenvalue weighted by Crippen LogP contribution is 2.16. The van der Waals surface area contributed by atoms with E-state index in [2.05, 4.69) is 20.4 Å². The number of hydrogen-bond acceptors (Lipinski definition) is 5. The summed E-state index contributed by atoms with van der Waals surface area (Å²) in [5.41, 5.74) is 1.83. The Morgan fingerprint density at radius 2 is 2.35 bits per heavy atom. The van der Waals surface area contributed by atoms with E-state index in [1.54, 1.807) is 18.7 Å². The predicted molar refractivity (Wildman–Crippen MR) is 85.0 cm³/mol. The lowest BCUT2D eigenvalue weighted by Gasteiger charge is -2.12. The van der Waals surface area contributed by atoms with E-state index in [9.17, 15) is 4.79 Å². The first kappa shape index (κ1) is 15.2. The number of amides is 1. The highest BCUT2D eigenvalue weighted by molar-refractivity contribution is 5.93. The second-order valence-electron chi connectivity index (χ2n) is 5.71. The van der Waals surface area contributed by atoms with Crippen molar-refractivity contribution in [2.24, 2.45) is 11.1 Å². The van der Waals surface area contributed by atoms with Crippen molar-refractivity contribution in [1.82, 2.24) is 19.9 Å². The molecule has 1 unspecified atom stereocenters. The molecule has 0 radical (unpaired) electrons. The van der Waals surface area contributed by atoms with Crippen LogP contribution in [-0.4, -0.2) is 32.3 Å². The quantitative estimate of drug-likeness (QED) is 0.910. The van der Waals surface area contributed by atoms with Crippen molar-refractivity contribution in [2.45, 2.75) is 32.9 Å². The molecular formula is C16H19N5O2. The first-order valence-corrected chi connectivity index (χ1v) is 7.57. The van der Waals surface area contributed by atoms with E-state index < -0.39 is 6.10 Å². The summed E-state index contributed by atoms with van der Waals surface area (Å²) in [7, 11) is 0. The zero-order chi connectivity index (χ0) is 16.2. The Balaban J connectivity index is 1.63. The summed E-state index contributed by atoms with van der Waals surface area (Å²) in [5, 5.41) is 6.87. The van der Waals surface area contributed by atoms with Gasteiger partial charge in [-0.2, -0.15) is 0 Å². The van der Waals surface area contributed by atoms with Gasteiger partial charge < -0.3 is 10.2 Å². The minimum Gasteiger partial charge on any atom is -0.382 e. The van der Waals surface area contributed by atoms with Crippen LogP contribution in [0.5, 0.6) is 0 Å². The minimum atomic E-state index is -0.541. The van der Waals surface area contributed by atoms with E-state index in [0.29, 0.717) is 18.9 Å². The Morgan fingerprint density at radius 1 is 1.48 bits per heavy atom. The first-order valence-electron chi connectivity index (χ1n) is 7.57. The molecule has 1 atom stereocenters.